The number of halogens is 3. The first-order chi connectivity index (χ1) is 10.4. The van der Waals surface area contributed by atoms with Crippen LogP contribution in [0.3, 0.4) is 0 Å². The van der Waals surface area contributed by atoms with E-state index in [0.29, 0.717) is 21.2 Å². The Kier molecular flexibility index (Phi) is 5.68. The maximum atomic E-state index is 12.9. The summed E-state index contributed by atoms with van der Waals surface area (Å²) in [6.07, 6.45) is 1.79. The predicted octanol–water partition coefficient (Wildman–Crippen LogP) is 5.54. The Hall–Kier alpha value is -1.29. The first-order valence-electron chi connectivity index (χ1n) is 6.52. The molecule has 5 heteroatoms. The van der Waals surface area contributed by atoms with E-state index in [1.54, 1.807) is 24.4 Å². The number of nitrogens with zero attached hydrogens (tertiary/aromatic N) is 1. The average molecular weight is 399 g/mol. The van der Waals surface area contributed by atoms with E-state index in [9.17, 15) is 4.79 Å². The molecule has 22 heavy (non-hydrogen) atoms. The van der Waals surface area contributed by atoms with E-state index in [1.165, 1.54) is 0 Å². The molecule has 0 unspecified atom stereocenters. The number of Topliss-reactive ketones (excluding diaryl/α,β-unsaturated/α-hetero) is 1. The number of carbonyl (C=O) groups excluding carboxylic acids is 1. The summed E-state index contributed by atoms with van der Waals surface area (Å²) in [6, 6.07) is 12.5. The summed E-state index contributed by atoms with van der Waals surface area (Å²) in [5.74, 6) is -0.141. The Morgan fingerprint density at radius 3 is 2.27 bits per heavy atom. The lowest BCUT2D eigenvalue weighted by Crippen LogP contribution is -2.09. The molecule has 0 N–H and O–H groups in total. The van der Waals surface area contributed by atoms with Crippen molar-refractivity contribution in [3.05, 3.63) is 74.3 Å². The molecule has 0 atom stereocenters. The first kappa shape index (κ1) is 17.1. The maximum absolute atomic E-state index is 12.9. The smallest absolute Gasteiger partial charge is 0.196 e. The minimum atomic E-state index is -0.141. The van der Waals surface area contributed by atoms with Gasteiger partial charge in [0.2, 0.25) is 0 Å². The van der Waals surface area contributed by atoms with Crippen molar-refractivity contribution in [1.82, 2.24) is 4.90 Å². The topological polar surface area (TPSA) is 20.3 Å². The van der Waals surface area contributed by atoms with Gasteiger partial charge in [0.05, 0.1) is 5.02 Å². The van der Waals surface area contributed by atoms with Crippen molar-refractivity contribution in [2.75, 3.05) is 14.1 Å². The molecule has 2 rings (SSSR count). The monoisotopic (exact) mass is 397 g/mol. The number of hydrogen-bond donors (Lipinski definition) is 0. The van der Waals surface area contributed by atoms with Crippen LogP contribution in [0.1, 0.15) is 15.9 Å². The normalized spacial score (nSPS) is 11.4. The molecule has 114 valence electrons. The zero-order valence-electron chi connectivity index (χ0n) is 12.1. The molecule has 0 spiro atoms. The molecule has 0 aliphatic heterocycles. The van der Waals surface area contributed by atoms with Gasteiger partial charge >= 0.3 is 0 Å². The minimum Gasteiger partial charge on any atom is -0.383 e. The van der Waals surface area contributed by atoms with Crippen LogP contribution in [0.4, 0.5) is 0 Å². The highest BCUT2D eigenvalue weighted by atomic mass is 79.9. The molecule has 0 aliphatic rings. The van der Waals surface area contributed by atoms with Crippen LogP contribution >= 0.6 is 39.1 Å². The summed E-state index contributed by atoms with van der Waals surface area (Å²) in [6.45, 7) is 0. The van der Waals surface area contributed by atoms with E-state index in [-0.39, 0.29) is 5.78 Å². The van der Waals surface area contributed by atoms with E-state index in [4.69, 9.17) is 23.2 Å². The maximum Gasteiger partial charge on any atom is 0.196 e. The Balaban J connectivity index is 2.50. The highest BCUT2D eigenvalue weighted by Crippen LogP contribution is 2.27. The summed E-state index contributed by atoms with van der Waals surface area (Å²) in [7, 11) is 3.74. The molecular formula is C17H14BrCl2NO. The lowest BCUT2D eigenvalue weighted by molar-refractivity contribution is 0.105. The van der Waals surface area contributed by atoms with Crippen molar-refractivity contribution >= 4 is 50.5 Å². The van der Waals surface area contributed by atoms with Crippen LogP contribution in [0.2, 0.25) is 10.0 Å². The lowest BCUT2D eigenvalue weighted by Gasteiger charge is -2.13. The summed E-state index contributed by atoms with van der Waals surface area (Å²) in [5, 5.41) is 0.850. The van der Waals surface area contributed by atoms with Crippen LogP contribution in [0.5, 0.6) is 0 Å². The summed E-state index contributed by atoms with van der Waals surface area (Å²) < 4.78 is 0.956. The third kappa shape index (κ3) is 4.13. The summed E-state index contributed by atoms with van der Waals surface area (Å²) >= 11 is 15.5. The van der Waals surface area contributed by atoms with E-state index in [0.717, 1.165) is 10.0 Å². The lowest BCUT2D eigenvalue weighted by atomic mass is 9.97. The Morgan fingerprint density at radius 2 is 1.73 bits per heavy atom. The number of allylic oxidation sites excluding steroid dienone is 1. The van der Waals surface area contributed by atoms with E-state index >= 15 is 0 Å². The van der Waals surface area contributed by atoms with Gasteiger partial charge in [0.15, 0.2) is 5.78 Å². The van der Waals surface area contributed by atoms with Crippen molar-refractivity contribution in [3.63, 3.8) is 0 Å². The molecule has 0 fully saturated rings. The quantitative estimate of drug-likeness (QED) is 0.497. The molecule has 0 bridgehead atoms. The van der Waals surface area contributed by atoms with Gasteiger partial charge in [0.1, 0.15) is 0 Å². The fourth-order valence-corrected chi connectivity index (χ4v) is 2.73. The largest absolute Gasteiger partial charge is 0.383 e. The predicted molar refractivity (Wildman–Crippen MR) is 96.6 cm³/mol. The van der Waals surface area contributed by atoms with Gasteiger partial charge in [-0.2, -0.15) is 0 Å². The van der Waals surface area contributed by atoms with Gasteiger partial charge in [-0.15, -0.1) is 0 Å². The van der Waals surface area contributed by atoms with Crippen LogP contribution in [0, 0.1) is 0 Å². The highest BCUT2D eigenvalue weighted by Gasteiger charge is 2.18. The number of carbonyl (C=O) groups is 1. The molecule has 0 heterocycles. The van der Waals surface area contributed by atoms with Crippen molar-refractivity contribution in [2.45, 2.75) is 0 Å². The SMILES string of the molecule is CN(C)/C=C(/C(=O)c1ccc(Cl)cc1Cl)c1ccc(Br)cc1. The Labute approximate surface area is 148 Å². The van der Waals surface area contributed by atoms with Crippen LogP contribution in [0.25, 0.3) is 5.57 Å². The molecule has 2 aromatic carbocycles. The molecule has 0 aliphatic carbocycles. The van der Waals surface area contributed by atoms with Crippen LogP contribution in [-0.4, -0.2) is 24.8 Å². The second-order valence-corrected chi connectivity index (χ2v) is 6.73. The highest BCUT2D eigenvalue weighted by molar-refractivity contribution is 9.10. The Bertz CT molecular complexity index is 724. The van der Waals surface area contributed by atoms with Crippen LogP contribution < -0.4 is 0 Å². The van der Waals surface area contributed by atoms with Gasteiger partial charge < -0.3 is 4.90 Å². The average Bonchev–Trinajstić information content (AvgIpc) is 2.45. The van der Waals surface area contributed by atoms with E-state index in [1.807, 2.05) is 43.3 Å². The van der Waals surface area contributed by atoms with Gasteiger partial charge in [-0.05, 0) is 35.9 Å². The molecule has 2 aromatic rings. The van der Waals surface area contributed by atoms with Gasteiger partial charge in [-0.3, -0.25) is 4.79 Å². The first-order valence-corrected chi connectivity index (χ1v) is 8.07. The zero-order valence-corrected chi connectivity index (χ0v) is 15.2. The summed E-state index contributed by atoms with van der Waals surface area (Å²) in [5.41, 5.74) is 1.83. The van der Waals surface area contributed by atoms with Crippen molar-refractivity contribution < 1.29 is 4.79 Å². The number of rotatable bonds is 4. The van der Waals surface area contributed by atoms with Gasteiger partial charge in [0, 0.05) is 40.9 Å². The van der Waals surface area contributed by atoms with E-state index in [2.05, 4.69) is 15.9 Å². The molecule has 0 saturated carbocycles. The molecular weight excluding hydrogens is 385 g/mol. The molecule has 0 aromatic heterocycles. The van der Waals surface area contributed by atoms with Gasteiger partial charge in [-0.25, -0.2) is 0 Å². The van der Waals surface area contributed by atoms with E-state index < -0.39 is 0 Å². The second-order valence-electron chi connectivity index (χ2n) is 4.97. The summed E-state index contributed by atoms with van der Waals surface area (Å²) in [4.78, 5) is 14.7. The number of hydrogen-bond acceptors (Lipinski definition) is 2. The number of benzene rings is 2. The van der Waals surface area contributed by atoms with Crippen molar-refractivity contribution in [2.24, 2.45) is 0 Å². The van der Waals surface area contributed by atoms with Gasteiger partial charge in [0.25, 0.3) is 0 Å². The van der Waals surface area contributed by atoms with Crippen molar-refractivity contribution in [3.8, 4) is 0 Å². The second kappa shape index (κ2) is 7.32. The molecule has 0 saturated heterocycles. The van der Waals surface area contributed by atoms with Crippen LogP contribution in [0.15, 0.2) is 53.1 Å². The fourth-order valence-electron chi connectivity index (χ4n) is 1.97. The molecule has 0 amide bonds. The fraction of sp³-hybridized carbons (Fsp3) is 0.118. The Morgan fingerprint density at radius 1 is 1.09 bits per heavy atom. The zero-order chi connectivity index (χ0) is 16.3. The molecule has 2 nitrogen and oxygen atoms in total. The van der Waals surface area contributed by atoms with Crippen molar-refractivity contribution in [1.29, 1.82) is 0 Å². The standard InChI is InChI=1S/C17H14BrCl2NO/c1-21(2)10-15(11-3-5-12(18)6-4-11)17(22)14-8-7-13(19)9-16(14)20/h3-10H,1-2H3/b15-10+. The molecule has 0 radical (unpaired) electrons. The van der Waals surface area contributed by atoms with Crippen LogP contribution in [-0.2, 0) is 0 Å². The third-order valence-electron chi connectivity index (χ3n) is 2.96. The minimum absolute atomic E-state index is 0.141. The number of ketones is 1. The van der Waals surface area contributed by atoms with Gasteiger partial charge in [-0.1, -0.05) is 51.3 Å². The third-order valence-corrected chi connectivity index (χ3v) is 4.04.